The normalized spacial score (nSPS) is 23.0. The summed E-state index contributed by atoms with van der Waals surface area (Å²) in [5, 5.41) is 6.00. The summed E-state index contributed by atoms with van der Waals surface area (Å²) in [4.78, 5) is 13.0. The van der Waals surface area contributed by atoms with Crippen LogP contribution in [0.5, 0.6) is 0 Å². The van der Waals surface area contributed by atoms with Crippen molar-refractivity contribution in [2.45, 2.75) is 19.9 Å². The maximum absolute atomic E-state index is 11.2. The summed E-state index contributed by atoms with van der Waals surface area (Å²) >= 11 is 0. The second kappa shape index (κ2) is 4.30. The topological polar surface area (TPSA) is 44.4 Å². The van der Waals surface area contributed by atoms with Gasteiger partial charge in [0.15, 0.2) is 0 Å². The predicted octanol–water partition coefficient (Wildman–Crippen LogP) is 0.00960. The standard InChI is InChI=1S/C8H17N3O/c1-3-9-4-5-11-7(2)6-10-8(11)12/h7,9H,3-6H2,1-2H3,(H,10,12). The molecule has 1 unspecified atom stereocenters. The number of likely N-dealkylation sites (N-methyl/N-ethyl adjacent to an activating group) is 1. The Morgan fingerprint density at radius 1 is 1.75 bits per heavy atom. The molecule has 4 nitrogen and oxygen atoms in total. The van der Waals surface area contributed by atoms with E-state index in [1.54, 1.807) is 0 Å². The molecular formula is C8H17N3O. The largest absolute Gasteiger partial charge is 0.336 e. The summed E-state index contributed by atoms with van der Waals surface area (Å²) in [7, 11) is 0. The molecule has 0 bridgehead atoms. The van der Waals surface area contributed by atoms with Crippen LogP contribution in [0.15, 0.2) is 0 Å². The highest BCUT2D eigenvalue weighted by molar-refractivity contribution is 5.76. The fourth-order valence-corrected chi connectivity index (χ4v) is 1.35. The average Bonchev–Trinajstić information content (AvgIpc) is 2.35. The molecule has 0 saturated carbocycles. The van der Waals surface area contributed by atoms with Crippen molar-refractivity contribution in [1.29, 1.82) is 0 Å². The van der Waals surface area contributed by atoms with Gasteiger partial charge in [0.25, 0.3) is 0 Å². The lowest BCUT2D eigenvalue weighted by atomic mass is 10.3. The maximum Gasteiger partial charge on any atom is 0.317 e. The monoisotopic (exact) mass is 171 g/mol. The Bertz CT molecular complexity index is 160. The maximum atomic E-state index is 11.2. The van der Waals surface area contributed by atoms with Gasteiger partial charge in [0.2, 0.25) is 0 Å². The van der Waals surface area contributed by atoms with Crippen LogP contribution in [0.1, 0.15) is 13.8 Å². The van der Waals surface area contributed by atoms with E-state index in [4.69, 9.17) is 0 Å². The minimum atomic E-state index is 0.0698. The zero-order valence-corrected chi connectivity index (χ0v) is 7.76. The SMILES string of the molecule is CCNCCN1C(=O)NCC1C. The number of rotatable bonds is 4. The fourth-order valence-electron chi connectivity index (χ4n) is 1.35. The van der Waals surface area contributed by atoms with E-state index in [0.717, 1.165) is 26.2 Å². The Hall–Kier alpha value is -0.770. The molecule has 2 N–H and O–H groups in total. The molecule has 1 fully saturated rings. The molecule has 0 aromatic heterocycles. The van der Waals surface area contributed by atoms with Crippen LogP contribution in [-0.4, -0.2) is 43.2 Å². The van der Waals surface area contributed by atoms with Gasteiger partial charge in [-0.25, -0.2) is 4.79 Å². The highest BCUT2D eigenvalue weighted by Gasteiger charge is 2.25. The van der Waals surface area contributed by atoms with Crippen molar-refractivity contribution < 1.29 is 4.79 Å². The number of amides is 2. The van der Waals surface area contributed by atoms with E-state index in [2.05, 4.69) is 24.5 Å². The molecule has 0 aromatic rings. The highest BCUT2D eigenvalue weighted by atomic mass is 16.2. The Balaban J connectivity index is 2.25. The van der Waals surface area contributed by atoms with E-state index >= 15 is 0 Å². The van der Waals surface area contributed by atoms with Crippen LogP contribution < -0.4 is 10.6 Å². The van der Waals surface area contributed by atoms with Crippen molar-refractivity contribution in [2.75, 3.05) is 26.2 Å². The third-order valence-electron chi connectivity index (χ3n) is 2.12. The molecule has 0 aliphatic carbocycles. The molecule has 1 aliphatic heterocycles. The lowest BCUT2D eigenvalue weighted by Gasteiger charge is -2.19. The van der Waals surface area contributed by atoms with Gasteiger partial charge in [-0.2, -0.15) is 0 Å². The Morgan fingerprint density at radius 3 is 3.00 bits per heavy atom. The predicted molar refractivity (Wildman–Crippen MR) is 48.1 cm³/mol. The van der Waals surface area contributed by atoms with E-state index in [9.17, 15) is 4.79 Å². The smallest absolute Gasteiger partial charge is 0.317 e. The number of nitrogens with one attached hydrogen (secondary N) is 2. The summed E-state index contributed by atoms with van der Waals surface area (Å²) in [6.07, 6.45) is 0. The van der Waals surface area contributed by atoms with Crippen LogP contribution >= 0.6 is 0 Å². The zero-order valence-electron chi connectivity index (χ0n) is 7.76. The Morgan fingerprint density at radius 2 is 2.50 bits per heavy atom. The zero-order chi connectivity index (χ0) is 8.97. The molecule has 1 rings (SSSR count). The third kappa shape index (κ3) is 2.11. The van der Waals surface area contributed by atoms with Gasteiger partial charge in [0, 0.05) is 25.7 Å². The first kappa shape index (κ1) is 9.32. The number of carbonyl (C=O) groups is 1. The van der Waals surface area contributed by atoms with Crippen molar-refractivity contribution in [1.82, 2.24) is 15.5 Å². The van der Waals surface area contributed by atoms with Crippen LogP contribution in [0.4, 0.5) is 4.79 Å². The minimum Gasteiger partial charge on any atom is -0.336 e. The third-order valence-corrected chi connectivity index (χ3v) is 2.12. The summed E-state index contributed by atoms with van der Waals surface area (Å²) < 4.78 is 0. The van der Waals surface area contributed by atoms with E-state index in [1.165, 1.54) is 0 Å². The molecule has 1 atom stereocenters. The van der Waals surface area contributed by atoms with Crippen LogP contribution in [0.2, 0.25) is 0 Å². The molecule has 70 valence electrons. The molecular weight excluding hydrogens is 154 g/mol. The first-order valence-corrected chi connectivity index (χ1v) is 4.51. The summed E-state index contributed by atoms with van der Waals surface area (Å²) in [5.74, 6) is 0. The van der Waals surface area contributed by atoms with Crippen LogP contribution in [0, 0.1) is 0 Å². The van der Waals surface area contributed by atoms with Gasteiger partial charge in [-0.1, -0.05) is 6.92 Å². The molecule has 1 saturated heterocycles. The Kier molecular flexibility index (Phi) is 3.34. The van der Waals surface area contributed by atoms with Gasteiger partial charge >= 0.3 is 6.03 Å². The lowest BCUT2D eigenvalue weighted by molar-refractivity contribution is 0.207. The van der Waals surface area contributed by atoms with Gasteiger partial charge in [-0.15, -0.1) is 0 Å². The quantitative estimate of drug-likeness (QED) is 0.585. The average molecular weight is 171 g/mol. The molecule has 12 heavy (non-hydrogen) atoms. The number of urea groups is 1. The van der Waals surface area contributed by atoms with E-state index in [1.807, 2.05) is 4.90 Å². The lowest BCUT2D eigenvalue weighted by Crippen LogP contribution is -2.38. The second-order valence-corrected chi connectivity index (χ2v) is 3.08. The Labute approximate surface area is 73.3 Å². The molecule has 4 heteroatoms. The van der Waals surface area contributed by atoms with Crippen molar-refractivity contribution >= 4 is 6.03 Å². The van der Waals surface area contributed by atoms with Gasteiger partial charge in [0.05, 0.1) is 0 Å². The van der Waals surface area contributed by atoms with Crippen LogP contribution in [0.25, 0.3) is 0 Å². The van der Waals surface area contributed by atoms with Crippen molar-refractivity contribution in [3.8, 4) is 0 Å². The summed E-state index contributed by atoms with van der Waals surface area (Å²) in [6, 6.07) is 0.413. The van der Waals surface area contributed by atoms with E-state index in [-0.39, 0.29) is 6.03 Å². The molecule has 1 aliphatic rings. The molecule has 1 heterocycles. The van der Waals surface area contributed by atoms with Gasteiger partial charge < -0.3 is 15.5 Å². The van der Waals surface area contributed by atoms with Crippen molar-refractivity contribution in [3.05, 3.63) is 0 Å². The fraction of sp³-hybridized carbons (Fsp3) is 0.875. The first-order chi connectivity index (χ1) is 5.75. The van der Waals surface area contributed by atoms with Crippen molar-refractivity contribution in [2.24, 2.45) is 0 Å². The number of hydrogen-bond acceptors (Lipinski definition) is 2. The summed E-state index contributed by atoms with van der Waals surface area (Å²) in [6.45, 7) is 7.56. The number of hydrogen-bond donors (Lipinski definition) is 2. The van der Waals surface area contributed by atoms with Crippen molar-refractivity contribution in [3.63, 3.8) is 0 Å². The number of carbonyl (C=O) groups excluding carboxylic acids is 1. The van der Waals surface area contributed by atoms with Gasteiger partial charge in [0.1, 0.15) is 0 Å². The van der Waals surface area contributed by atoms with Crippen LogP contribution in [-0.2, 0) is 0 Å². The van der Waals surface area contributed by atoms with Gasteiger partial charge in [-0.05, 0) is 13.5 Å². The van der Waals surface area contributed by atoms with E-state index < -0.39 is 0 Å². The van der Waals surface area contributed by atoms with Crippen LogP contribution in [0.3, 0.4) is 0 Å². The number of nitrogens with zero attached hydrogens (tertiary/aromatic N) is 1. The highest BCUT2D eigenvalue weighted by Crippen LogP contribution is 2.04. The molecule has 0 radical (unpaired) electrons. The molecule has 0 aromatic carbocycles. The minimum absolute atomic E-state index is 0.0698. The summed E-state index contributed by atoms with van der Waals surface area (Å²) in [5.41, 5.74) is 0. The molecule has 2 amide bonds. The van der Waals surface area contributed by atoms with Gasteiger partial charge in [-0.3, -0.25) is 0 Å². The second-order valence-electron chi connectivity index (χ2n) is 3.08. The molecule has 0 spiro atoms. The van der Waals surface area contributed by atoms with E-state index in [0.29, 0.717) is 6.04 Å². The first-order valence-electron chi connectivity index (χ1n) is 4.51.